The first kappa shape index (κ1) is 28.4. The molecule has 1 N–H and O–H groups in total. The van der Waals surface area contributed by atoms with Crippen LogP contribution < -0.4 is 10.4 Å². The molecule has 1 atom stereocenters. The van der Waals surface area contributed by atoms with Gasteiger partial charge >= 0.3 is 0 Å². The van der Waals surface area contributed by atoms with Gasteiger partial charge in [-0.3, -0.25) is 0 Å². The molecule has 204 valence electrons. The number of nitrogens with zero attached hydrogens (tertiary/aromatic N) is 3. The SMILES string of the molecule is CC(C)(C)[Si](OCc1cn(COCC[Si](C)(C)C)c(C2=NOC(O)C2)n1)(c1ccccc1)c1ccccc1. The van der Waals surface area contributed by atoms with E-state index in [1.165, 1.54) is 10.4 Å². The first-order valence-corrected chi connectivity index (χ1v) is 18.9. The molecule has 0 amide bonds. The summed E-state index contributed by atoms with van der Waals surface area (Å²) in [6, 6.07) is 22.3. The minimum atomic E-state index is -2.71. The van der Waals surface area contributed by atoms with E-state index in [0.29, 0.717) is 37.9 Å². The summed E-state index contributed by atoms with van der Waals surface area (Å²) in [4.78, 5) is 9.95. The third-order valence-corrected chi connectivity index (χ3v) is 13.5. The van der Waals surface area contributed by atoms with Crippen molar-refractivity contribution in [1.29, 1.82) is 0 Å². The van der Waals surface area contributed by atoms with Crippen LogP contribution in [0.2, 0.25) is 30.7 Å². The van der Waals surface area contributed by atoms with Gasteiger partial charge in [0.15, 0.2) is 5.82 Å². The molecule has 0 saturated carbocycles. The number of benzene rings is 2. The molecule has 1 unspecified atom stereocenters. The van der Waals surface area contributed by atoms with E-state index < -0.39 is 22.7 Å². The number of ether oxygens (including phenoxy) is 1. The Morgan fingerprint density at radius 1 is 1.00 bits per heavy atom. The molecule has 1 aliphatic rings. The second-order valence-corrected chi connectivity index (χ2v) is 22.1. The van der Waals surface area contributed by atoms with Gasteiger partial charge in [0.25, 0.3) is 8.32 Å². The molecule has 4 rings (SSSR count). The van der Waals surface area contributed by atoms with Crippen LogP contribution in [0.1, 0.15) is 38.7 Å². The molecule has 1 aliphatic heterocycles. The van der Waals surface area contributed by atoms with Crippen molar-refractivity contribution in [3.8, 4) is 0 Å². The largest absolute Gasteiger partial charge is 0.401 e. The molecule has 9 heteroatoms. The normalized spacial score (nSPS) is 16.4. The fourth-order valence-electron chi connectivity index (χ4n) is 4.85. The maximum Gasteiger partial charge on any atom is 0.261 e. The third-order valence-electron chi connectivity index (χ3n) is 6.82. The van der Waals surface area contributed by atoms with Gasteiger partial charge in [-0.05, 0) is 21.5 Å². The van der Waals surface area contributed by atoms with Crippen LogP contribution in [0.3, 0.4) is 0 Å². The molecule has 3 aromatic rings. The highest BCUT2D eigenvalue weighted by Gasteiger charge is 2.50. The highest BCUT2D eigenvalue weighted by atomic mass is 28.4. The standard InChI is InChI=1S/C29H41N3O4Si2/c1-29(2,3)38(24-13-9-7-10-14-24,25-15-11-8-12-16-25)35-21-23-20-32(22-34-17-18-37(4,5)6)28(30-23)26-19-27(33)36-31-26/h7-16,20,27,33H,17-19,21-22H2,1-6H3. The first-order chi connectivity index (χ1) is 18.0. The summed E-state index contributed by atoms with van der Waals surface area (Å²) >= 11 is 0. The van der Waals surface area contributed by atoms with E-state index in [4.69, 9.17) is 19.0 Å². The Balaban J connectivity index is 1.65. The zero-order valence-electron chi connectivity index (χ0n) is 23.5. The second-order valence-electron chi connectivity index (χ2n) is 12.1. The summed E-state index contributed by atoms with van der Waals surface area (Å²) in [7, 11) is -3.90. The molecule has 2 aromatic carbocycles. The predicted octanol–water partition coefficient (Wildman–Crippen LogP) is 4.71. The quantitative estimate of drug-likeness (QED) is 0.276. The van der Waals surface area contributed by atoms with Gasteiger partial charge in [-0.15, -0.1) is 0 Å². The molecular weight excluding hydrogens is 511 g/mol. The number of hydrogen-bond acceptors (Lipinski definition) is 6. The summed E-state index contributed by atoms with van der Waals surface area (Å²) < 4.78 is 15.1. The molecule has 0 spiro atoms. The highest BCUT2D eigenvalue weighted by molar-refractivity contribution is 6.99. The van der Waals surface area contributed by atoms with Crippen LogP contribution in [-0.2, 0) is 27.3 Å². The van der Waals surface area contributed by atoms with Crippen molar-refractivity contribution in [3.05, 3.63) is 78.4 Å². The molecule has 0 fully saturated rings. The Bertz CT molecular complexity index is 1180. The fraction of sp³-hybridized carbons (Fsp3) is 0.448. The van der Waals surface area contributed by atoms with Crippen LogP contribution in [-0.4, -0.2) is 49.7 Å². The van der Waals surface area contributed by atoms with Crippen molar-refractivity contribution in [2.75, 3.05) is 6.61 Å². The maximum absolute atomic E-state index is 9.89. The van der Waals surface area contributed by atoms with Crippen LogP contribution in [0.15, 0.2) is 72.0 Å². The van der Waals surface area contributed by atoms with E-state index in [1.807, 2.05) is 22.9 Å². The summed E-state index contributed by atoms with van der Waals surface area (Å²) in [6.45, 7) is 15.2. The monoisotopic (exact) mass is 551 g/mol. The summed E-state index contributed by atoms with van der Waals surface area (Å²) in [5.74, 6) is 0.649. The lowest BCUT2D eigenvalue weighted by atomic mass is 10.2. The lowest BCUT2D eigenvalue weighted by Crippen LogP contribution is -2.66. The number of rotatable bonds is 11. The van der Waals surface area contributed by atoms with E-state index >= 15 is 0 Å². The number of oxime groups is 1. The average Bonchev–Trinajstić information content (AvgIpc) is 3.48. The molecule has 1 aromatic heterocycles. The molecule has 38 heavy (non-hydrogen) atoms. The number of aliphatic hydroxyl groups is 1. The van der Waals surface area contributed by atoms with Crippen molar-refractivity contribution in [3.63, 3.8) is 0 Å². The van der Waals surface area contributed by atoms with Crippen LogP contribution in [0, 0.1) is 0 Å². The average molecular weight is 552 g/mol. The zero-order valence-corrected chi connectivity index (χ0v) is 25.5. The van der Waals surface area contributed by atoms with Gasteiger partial charge < -0.3 is 23.7 Å². The topological polar surface area (TPSA) is 78.1 Å². The van der Waals surface area contributed by atoms with E-state index in [9.17, 15) is 5.11 Å². The molecule has 7 nitrogen and oxygen atoms in total. The van der Waals surface area contributed by atoms with Crippen molar-refractivity contribution in [1.82, 2.24) is 9.55 Å². The Morgan fingerprint density at radius 3 is 2.11 bits per heavy atom. The summed E-state index contributed by atoms with van der Waals surface area (Å²) in [6.07, 6.45) is 1.33. The van der Waals surface area contributed by atoms with Gasteiger partial charge in [-0.25, -0.2) is 4.98 Å². The minimum Gasteiger partial charge on any atom is -0.401 e. The van der Waals surface area contributed by atoms with Crippen molar-refractivity contribution in [2.45, 2.75) is 77.5 Å². The van der Waals surface area contributed by atoms with Gasteiger partial charge in [-0.1, -0.05) is 106 Å². The van der Waals surface area contributed by atoms with Crippen molar-refractivity contribution < 1.29 is 19.1 Å². The maximum atomic E-state index is 9.89. The third kappa shape index (κ3) is 6.52. The van der Waals surface area contributed by atoms with E-state index in [-0.39, 0.29) is 5.04 Å². The smallest absolute Gasteiger partial charge is 0.261 e. The highest BCUT2D eigenvalue weighted by Crippen LogP contribution is 2.37. The zero-order chi connectivity index (χ0) is 27.4. The van der Waals surface area contributed by atoms with Crippen molar-refractivity contribution >= 4 is 32.5 Å². The van der Waals surface area contributed by atoms with Gasteiger partial charge in [0.1, 0.15) is 12.4 Å². The van der Waals surface area contributed by atoms with Crippen molar-refractivity contribution in [2.24, 2.45) is 5.16 Å². The lowest BCUT2D eigenvalue weighted by molar-refractivity contribution is -0.0762. The van der Waals surface area contributed by atoms with Crippen LogP contribution in [0.5, 0.6) is 0 Å². The molecule has 2 heterocycles. The van der Waals surface area contributed by atoms with Gasteiger partial charge in [0.2, 0.25) is 6.29 Å². The Morgan fingerprint density at radius 2 is 1.61 bits per heavy atom. The van der Waals surface area contributed by atoms with E-state index in [1.54, 1.807) is 0 Å². The summed E-state index contributed by atoms with van der Waals surface area (Å²) in [5.41, 5.74) is 1.41. The van der Waals surface area contributed by atoms with E-state index in [2.05, 4.69) is 94.1 Å². The molecule has 0 radical (unpaired) electrons. The Labute approximate surface area is 228 Å². The molecule has 0 saturated heterocycles. The summed E-state index contributed by atoms with van der Waals surface area (Å²) in [5, 5.41) is 16.3. The van der Waals surface area contributed by atoms with Gasteiger partial charge in [-0.2, -0.15) is 0 Å². The number of aliphatic hydroxyl groups excluding tert-OH is 1. The Kier molecular flexibility index (Phi) is 8.73. The predicted molar refractivity (Wildman–Crippen MR) is 157 cm³/mol. The van der Waals surface area contributed by atoms with E-state index in [0.717, 1.165) is 11.7 Å². The van der Waals surface area contributed by atoms with Crippen LogP contribution in [0.25, 0.3) is 0 Å². The van der Waals surface area contributed by atoms with Crippen LogP contribution in [0.4, 0.5) is 0 Å². The Hall–Kier alpha value is -2.57. The minimum absolute atomic E-state index is 0.130. The van der Waals surface area contributed by atoms with Gasteiger partial charge in [0.05, 0.1) is 18.7 Å². The molecular formula is C29H41N3O4Si2. The fourth-order valence-corrected chi connectivity index (χ4v) is 10.1. The van der Waals surface area contributed by atoms with Crippen LogP contribution >= 0.6 is 0 Å². The second kappa shape index (κ2) is 11.7. The number of aromatic nitrogens is 2. The number of hydrogen-bond donors (Lipinski definition) is 1. The van der Waals surface area contributed by atoms with Gasteiger partial charge in [0, 0.05) is 20.9 Å². The molecule has 0 aliphatic carbocycles. The lowest BCUT2D eigenvalue weighted by Gasteiger charge is -2.42. The number of imidazole rings is 1. The molecule has 0 bridgehead atoms. The first-order valence-electron chi connectivity index (χ1n) is 13.3.